The maximum atomic E-state index is 5.69. The van der Waals surface area contributed by atoms with Crippen molar-refractivity contribution in [3.63, 3.8) is 0 Å². The van der Waals surface area contributed by atoms with Gasteiger partial charge in [0.15, 0.2) is 0 Å². The molecule has 2 nitrogen and oxygen atoms in total. The number of hydrogen-bond donors (Lipinski definition) is 1. The maximum absolute atomic E-state index is 5.69. The molecule has 2 heteroatoms. The second kappa shape index (κ2) is 4.97. The van der Waals surface area contributed by atoms with Gasteiger partial charge in [-0.1, -0.05) is 13.8 Å². The Hall–Kier alpha value is -0.0800. The van der Waals surface area contributed by atoms with E-state index in [2.05, 4.69) is 25.7 Å². The van der Waals surface area contributed by atoms with E-state index in [9.17, 15) is 0 Å². The molecule has 0 amide bonds. The van der Waals surface area contributed by atoms with Gasteiger partial charge in [0.25, 0.3) is 0 Å². The van der Waals surface area contributed by atoms with Crippen molar-refractivity contribution in [2.24, 2.45) is 17.6 Å². The first-order valence-corrected chi connectivity index (χ1v) is 5.59. The number of rotatable bonds is 3. The highest BCUT2D eigenvalue weighted by Gasteiger charge is 2.23. The van der Waals surface area contributed by atoms with Gasteiger partial charge < -0.3 is 10.6 Å². The molecular formula is C11H24N2. The van der Waals surface area contributed by atoms with Crippen LogP contribution in [0.3, 0.4) is 0 Å². The van der Waals surface area contributed by atoms with Gasteiger partial charge in [-0.05, 0) is 44.7 Å². The summed E-state index contributed by atoms with van der Waals surface area (Å²) in [6.07, 6.45) is 2.77. The van der Waals surface area contributed by atoms with Crippen LogP contribution in [0.5, 0.6) is 0 Å². The predicted octanol–water partition coefficient (Wildman–Crippen LogP) is 1.70. The van der Waals surface area contributed by atoms with E-state index < -0.39 is 0 Å². The number of hydrogen-bond acceptors (Lipinski definition) is 2. The summed E-state index contributed by atoms with van der Waals surface area (Å²) in [6, 6.07) is 0.660. The topological polar surface area (TPSA) is 29.3 Å². The van der Waals surface area contributed by atoms with E-state index in [-0.39, 0.29) is 0 Å². The molecule has 1 aliphatic heterocycles. The molecule has 13 heavy (non-hydrogen) atoms. The molecule has 1 aliphatic rings. The Morgan fingerprint density at radius 2 is 2.15 bits per heavy atom. The Morgan fingerprint density at radius 3 is 2.69 bits per heavy atom. The van der Waals surface area contributed by atoms with Crippen molar-refractivity contribution in [1.82, 2.24) is 4.90 Å². The van der Waals surface area contributed by atoms with Gasteiger partial charge in [0.05, 0.1) is 0 Å². The van der Waals surface area contributed by atoms with E-state index in [4.69, 9.17) is 5.73 Å². The van der Waals surface area contributed by atoms with E-state index in [1.54, 1.807) is 0 Å². The summed E-state index contributed by atoms with van der Waals surface area (Å²) >= 11 is 0. The molecule has 3 unspecified atom stereocenters. The molecule has 0 saturated carbocycles. The second-order valence-electron chi connectivity index (χ2n) is 4.70. The first-order chi connectivity index (χ1) is 6.15. The molecule has 0 bridgehead atoms. The van der Waals surface area contributed by atoms with Crippen molar-refractivity contribution in [1.29, 1.82) is 0 Å². The standard InChI is InChI=1S/C11H24N2/c1-9-5-4-6-13(8-9)11(3)10(2)7-12/h9-11H,4-8,12H2,1-3H3. The van der Waals surface area contributed by atoms with Crippen molar-refractivity contribution < 1.29 is 0 Å². The molecule has 3 atom stereocenters. The monoisotopic (exact) mass is 184 g/mol. The minimum Gasteiger partial charge on any atom is -0.330 e. The third kappa shape index (κ3) is 2.96. The van der Waals surface area contributed by atoms with Gasteiger partial charge in [-0.3, -0.25) is 0 Å². The minimum atomic E-state index is 0.630. The third-order valence-corrected chi connectivity index (χ3v) is 3.46. The molecule has 0 aromatic rings. The first-order valence-electron chi connectivity index (χ1n) is 5.59. The van der Waals surface area contributed by atoms with E-state index >= 15 is 0 Å². The molecule has 0 spiro atoms. The lowest BCUT2D eigenvalue weighted by Gasteiger charge is -2.38. The summed E-state index contributed by atoms with van der Waals surface area (Å²) in [5.74, 6) is 1.51. The van der Waals surface area contributed by atoms with Crippen LogP contribution in [-0.4, -0.2) is 30.6 Å². The first kappa shape index (κ1) is 11.0. The molecular weight excluding hydrogens is 160 g/mol. The van der Waals surface area contributed by atoms with Crippen LogP contribution in [-0.2, 0) is 0 Å². The summed E-state index contributed by atoms with van der Waals surface area (Å²) in [6.45, 7) is 10.3. The molecule has 1 saturated heterocycles. The number of piperidine rings is 1. The maximum Gasteiger partial charge on any atom is 0.0105 e. The Kier molecular flexibility index (Phi) is 4.20. The zero-order chi connectivity index (χ0) is 9.84. The van der Waals surface area contributed by atoms with Gasteiger partial charge in [0.1, 0.15) is 0 Å². The van der Waals surface area contributed by atoms with Gasteiger partial charge in [-0.25, -0.2) is 0 Å². The van der Waals surface area contributed by atoms with Crippen LogP contribution in [0.2, 0.25) is 0 Å². The molecule has 1 rings (SSSR count). The van der Waals surface area contributed by atoms with Crippen LogP contribution in [0.4, 0.5) is 0 Å². The summed E-state index contributed by atoms with van der Waals surface area (Å²) < 4.78 is 0. The molecule has 0 aromatic heterocycles. The molecule has 1 fully saturated rings. The van der Waals surface area contributed by atoms with Gasteiger partial charge in [0, 0.05) is 12.6 Å². The largest absolute Gasteiger partial charge is 0.330 e. The molecule has 0 radical (unpaired) electrons. The van der Waals surface area contributed by atoms with Crippen molar-refractivity contribution in [2.45, 2.75) is 39.7 Å². The van der Waals surface area contributed by atoms with Gasteiger partial charge >= 0.3 is 0 Å². The minimum absolute atomic E-state index is 0.630. The summed E-state index contributed by atoms with van der Waals surface area (Å²) in [4.78, 5) is 2.60. The van der Waals surface area contributed by atoms with Crippen LogP contribution in [0.25, 0.3) is 0 Å². The van der Waals surface area contributed by atoms with Crippen molar-refractivity contribution in [3.05, 3.63) is 0 Å². The molecule has 0 aliphatic carbocycles. The highest BCUT2D eigenvalue weighted by Crippen LogP contribution is 2.20. The van der Waals surface area contributed by atoms with Gasteiger partial charge in [-0.15, -0.1) is 0 Å². The third-order valence-electron chi connectivity index (χ3n) is 3.46. The van der Waals surface area contributed by atoms with Gasteiger partial charge in [0.2, 0.25) is 0 Å². The Bertz CT molecular complexity index is 147. The van der Waals surface area contributed by atoms with E-state index in [0.717, 1.165) is 12.5 Å². The van der Waals surface area contributed by atoms with E-state index in [1.165, 1.54) is 25.9 Å². The Morgan fingerprint density at radius 1 is 1.46 bits per heavy atom. The highest BCUT2D eigenvalue weighted by atomic mass is 15.2. The lowest BCUT2D eigenvalue weighted by atomic mass is 9.95. The summed E-state index contributed by atoms with van der Waals surface area (Å²) in [7, 11) is 0. The number of nitrogens with zero attached hydrogens (tertiary/aromatic N) is 1. The quantitative estimate of drug-likeness (QED) is 0.723. The second-order valence-corrected chi connectivity index (χ2v) is 4.70. The van der Waals surface area contributed by atoms with E-state index in [0.29, 0.717) is 12.0 Å². The van der Waals surface area contributed by atoms with Crippen molar-refractivity contribution in [2.75, 3.05) is 19.6 Å². The molecule has 0 aromatic carbocycles. The molecule has 1 heterocycles. The lowest BCUT2D eigenvalue weighted by molar-refractivity contribution is 0.109. The average molecular weight is 184 g/mol. The molecule has 2 N–H and O–H groups in total. The number of nitrogens with two attached hydrogens (primary N) is 1. The van der Waals surface area contributed by atoms with Crippen LogP contribution in [0, 0.1) is 11.8 Å². The van der Waals surface area contributed by atoms with Crippen molar-refractivity contribution >= 4 is 0 Å². The smallest absolute Gasteiger partial charge is 0.0105 e. The SMILES string of the molecule is CC1CCCN(C(C)C(C)CN)C1. The van der Waals surface area contributed by atoms with Crippen molar-refractivity contribution in [3.8, 4) is 0 Å². The number of likely N-dealkylation sites (tertiary alicyclic amines) is 1. The van der Waals surface area contributed by atoms with E-state index in [1.807, 2.05) is 0 Å². The Labute approximate surface area is 82.5 Å². The van der Waals surface area contributed by atoms with Crippen LogP contribution >= 0.6 is 0 Å². The Balaban J connectivity index is 2.41. The fraction of sp³-hybridized carbons (Fsp3) is 1.00. The predicted molar refractivity (Wildman–Crippen MR) is 57.7 cm³/mol. The zero-order valence-corrected chi connectivity index (χ0v) is 9.29. The van der Waals surface area contributed by atoms with Gasteiger partial charge in [-0.2, -0.15) is 0 Å². The van der Waals surface area contributed by atoms with Crippen LogP contribution in [0.15, 0.2) is 0 Å². The highest BCUT2D eigenvalue weighted by molar-refractivity contribution is 4.78. The summed E-state index contributed by atoms with van der Waals surface area (Å²) in [5, 5.41) is 0. The average Bonchev–Trinajstić information content (AvgIpc) is 2.15. The molecule has 78 valence electrons. The fourth-order valence-electron chi connectivity index (χ4n) is 2.15. The fourth-order valence-corrected chi connectivity index (χ4v) is 2.15. The summed E-state index contributed by atoms with van der Waals surface area (Å²) in [5.41, 5.74) is 5.69. The van der Waals surface area contributed by atoms with Crippen LogP contribution < -0.4 is 5.73 Å². The normalized spacial score (nSPS) is 30.0. The zero-order valence-electron chi connectivity index (χ0n) is 9.29. The van der Waals surface area contributed by atoms with Crippen LogP contribution in [0.1, 0.15) is 33.6 Å². The lowest BCUT2D eigenvalue weighted by Crippen LogP contribution is -2.45.